The van der Waals surface area contributed by atoms with Crippen molar-refractivity contribution in [2.24, 2.45) is 5.14 Å². The molecule has 1 aromatic carbocycles. The summed E-state index contributed by atoms with van der Waals surface area (Å²) in [5.41, 5.74) is 1.47. The summed E-state index contributed by atoms with van der Waals surface area (Å²) in [7, 11) is -3.79. The number of nitrogens with zero attached hydrogens (tertiary/aromatic N) is 4. The van der Waals surface area contributed by atoms with E-state index < -0.39 is 10.0 Å². The molecule has 0 saturated heterocycles. The lowest BCUT2D eigenvalue weighted by molar-refractivity contribution is 0.509. The van der Waals surface area contributed by atoms with Gasteiger partial charge in [-0.15, -0.1) is 21.5 Å². The van der Waals surface area contributed by atoms with Gasteiger partial charge in [-0.2, -0.15) is 0 Å². The molecule has 0 spiro atoms. The van der Waals surface area contributed by atoms with Crippen LogP contribution >= 0.6 is 23.1 Å². The molecule has 0 fully saturated rings. The molecule has 0 aliphatic carbocycles. The molecule has 3 heterocycles. The molecule has 0 saturated carbocycles. The van der Waals surface area contributed by atoms with Crippen molar-refractivity contribution in [2.75, 3.05) is 0 Å². The number of fused-ring (bicyclic) bond motifs is 1. The summed E-state index contributed by atoms with van der Waals surface area (Å²) in [5, 5.41) is 16.2. The molecule has 158 valence electrons. The number of hydrogen-bond acceptors (Lipinski definition) is 8. The number of thiophene rings is 1. The van der Waals surface area contributed by atoms with E-state index in [1.165, 1.54) is 23.9 Å². The lowest BCUT2D eigenvalue weighted by Crippen LogP contribution is -2.11. The molecule has 1 atom stereocenters. The zero-order valence-electron chi connectivity index (χ0n) is 16.5. The van der Waals surface area contributed by atoms with Gasteiger partial charge in [0, 0.05) is 6.54 Å². The molecule has 11 heteroatoms. The van der Waals surface area contributed by atoms with Gasteiger partial charge in [-0.25, -0.2) is 18.5 Å². The van der Waals surface area contributed by atoms with Crippen molar-refractivity contribution in [1.82, 2.24) is 19.7 Å². The third kappa shape index (κ3) is 4.29. The summed E-state index contributed by atoms with van der Waals surface area (Å²) in [6.07, 6.45) is 2.01. The lowest BCUT2D eigenvalue weighted by Gasteiger charge is -2.10. The zero-order chi connectivity index (χ0) is 21.3. The normalized spacial score (nSPS) is 13.2. The largest absolute Gasteiger partial charge is 0.419 e. The Morgan fingerprint density at radius 2 is 2.13 bits per heavy atom. The fourth-order valence-corrected chi connectivity index (χ4v) is 5.15. The Hall–Kier alpha value is -2.21. The van der Waals surface area contributed by atoms with Crippen molar-refractivity contribution >= 4 is 44.2 Å². The Kier molecular flexibility index (Phi) is 5.96. The van der Waals surface area contributed by atoms with E-state index in [9.17, 15) is 8.42 Å². The first-order chi connectivity index (χ1) is 14.4. The van der Waals surface area contributed by atoms with E-state index in [0.717, 1.165) is 34.9 Å². The van der Waals surface area contributed by atoms with Crippen LogP contribution in [-0.2, 0) is 16.6 Å². The molecule has 8 nitrogen and oxygen atoms in total. The highest BCUT2D eigenvalue weighted by Gasteiger charge is 2.21. The fourth-order valence-electron chi connectivity index (χ4n) is 2.99. The number of rotatable bonds is 8. The zero-order valence-corrected chi connectivity index (χ0v) is 18.9. The van der Waals surface area contributed by atoms with Crippen molar-refractivity contribution in [2.45, 2.75) is 48.5 Å². The molecule has 0 unspecified atom stereocenters. The van der Waals surface area contributed by atoms with Crippen LogP contribution in [0.1, 0.15) is 37.8 Å². The van der Waals surface area contributed by atoms with Gasteiger partial charge in [-0.05, 0) is 43.0 Å². The van der Waals surface area contributed by atoms with E-state index in [1.807, 2.05) is 24.4 Å². The molecule has 3 aromatic heterocycles. The first-order valence-corrected chi connectivity index (χ1v) is 12.7. The van der Waals surface area contributed by atoms with E-state index in [-0.39, 0.29) is 10.1 Å². The number of unbranched alkanes of at least 4 members (excludes halogenated alkanes) is 1. The number of thioether (sulfide) groups is 1. The maximum atomic E-state index is 11.7. The minimum absolute atomic E-state index is 0.0530. The van der Waals surface area contributed by atoms with Gasteiger partial charge < -0.3 is 8.98 Å². The molecule has 0 aliphatic heterocycles. The van der Waals surface area contributed by atoms with Gasteiger partial charge in [0.1, 0.15) is 0 Å². The molecule has 2 N–H and O–H groups in total. The van der Waals surface area contributed by atoms with Crippen LogP contribution in [0.5, 0.6) is 0 Å². The Labute approximate surface area is 182 Å². The maximum absolute atomic E-state index is 11.7. The molecule has 0 radical (unpaired) electrons. The Morgan fingerprint density at radius 3 is 2.83 bits per heavy atom. The Morgan fingerprint density at radius 1 is 1.30 bits per heavy atom. The van der Waals surface area contributed by atoms with Gasteiger partial charge in [0.2, 0.25) is 15.9 Å². The third-order valence-corrected chi connectivity index (χ3v) is 7.40. The minimum Gasteiger partial charge on any atom is -0.419 e. The number of primary sulfonamides is 1. The van der Waals surface area contributed by atoms with Gasteiger partial charge in [0.15, 0.2) is 5.16 Å². The van der Waals surface area contributed by atoms with Crippen molar-refractivity contribution < 1.29 is 12.8 Å². The van der Waals surface area contributed by atoms with Crippen LogP contribution in [-0.4, -0.2) is 28.2 Å². The Balaban J connectivity index is 1.66. The molecular formula is C19H21N5O3S3. The smallest absolute Gasteiger partial charge is 0.257 e. The van der Waals surface area contributed by atoms with Gasteiger partial charge in [0.25, 0.3) is 5.89 Å². The van der Waals surface area contributed by atoms with Crippen LogP contribution in [0.15, 0.2) is 50.2 Å². The number of nitrogens with two attached hydrogens (primary N) is 1. The molecule has 0 aliphatic rings. The minimum atomic E-state index is -3.79. The van der Waals surface area contributed by atoms with E-state index >= 15 is 0 Å². The van der Waals surface area contributed by atoms with Crippen LogP contribution in [0.2, 0.25) is 0 Å². The summed E-state index contributed by atoms with van der Waals surface area (Å²) in [6.45, 7) is 4.88. The second kappa shape index (κ2) is 8.50. The van der Waals surface area contributed by atoms with Crippen molar-refractivity contribution in [3.05, 3.63) is 41.6 Å². The first kappa shape index (κ1) is 21.0. The number of aromatic nitrogens is 4. The van der Waals surface area contributed by atoms with Crippen molar-refractivity contribution in [3.8, 4) is 10.8 Å². The summed E-state index contributed by atoms with van der Waals surface area (Å²) in [6, 6.07) is 8.67. The summed E-state index contributed by atoms with van der Waals surface area (Å²) in [4.78, 5) is 5.66. The summed E-state index contributed by atoms with van der Waals surface area (Å²) >= 11 is 3.05. The molecular weight excluding hydrogens is 442 g/mol. The summed E-state index contributed by atoms with van der Waals surface area (Å²) in [5.74, 6) is 1.02. The quantitative estimate of drug-likeness (QED) is 0.384. The molecule has 4 rings (SSSR count). The average molecular weight is 464 g/mol. The predicted molar refractivity (Wildman–Crippen MR) is 118 cm³/mol. The summed E-state index contributed by atoms with van der Waals surface area (Å²) < 4.78 is 31.4. The molecule has 0 bridgehead atoms. The van der Waals surface area contributed by atoms with Crippen molar-refractivity contribution in [1.29, 1.82) is 0 Å². The number of aryl methyl sites for hydroxylation is 1. The van der Waals surface area contributed by atoms with Crippen LogP contribution < -0.4 is 5.14 Å². The molecule has 30 heavy (non-hydrogen) atoms. The fraction of sp³-hybridized carbons (Fsp3) is 0.316. The number of benzene rings is 1. The van der Waals surface area contributed by atoms with Crippen LogP contribution in [0, 0.1) is 0 Å². The van der Waals surface area contributed by atoms with Gasteiger partial charge in [-0.3, -0.25) is 0 Å². The molecule has 0 amide bonds. The van der Waals surface area contributed by atoms with Crippen LogP contribution in [0.4, 0.5) is 0 Å². The van der Waals surface area contributed by atoms with E-state index in [2.05, 4.69) is 26.7 Å². The second-order valence-electron chi connectivity index (χ2n) is 6.78. The van der Waals surface area contributed by atoms with Gasteiger partial charge in [-0.1, -0.05) is 31.2 Å². The predicted octanol–water partition coefficient (Wildman–Crippen LogP) is 4.45. The number of sulfonamides is 1. The van der Waals surface area contributed by atoms with E-state index in [0.29, 0.717) is 17.3 Å². The molecule has 4 aromatic rings. The highest BCUT2D eigenvalue weighted by atomic mass is 32.2. The Bertz CT molecular complexity index is 1260. The third-order valence-electron chi connectivity index (χ3n) is 4.55. The van der Waals surface area contributed by atoms with Gasteiger partial charge >= 0.3 is 0 Å². The van der Waals surface area contributed by atoms with Crippen LogP contribution in [0.25, 0.3) is 21.8 Å². The number of imidazole rings is 1. The topological polar surface area (TPSA) is 117 Å². The van der Waals surface area contributed by atoms with Crippen LogP contribution in [0.3, 0.4) is 0 Å². The van der Waals surface area contributed by atoms with E-state index in [4.69, 9.17) is 9.56 Å². The average Bonchev–Trinajstić information content (AvgIpc) is 3.44. The highest BCUT2D eigenvalue weighted by Crippen LogP contribution is 2.37. The maximum Gasteiger partial charge on any atom is 0.257 e. The lowest BCUT2D eigenvalue weighted by atomic mass is 10.3. The SMILES string of the molecule is CCCCn1c(S[C@@H](C)c2nnc(-c3cccs3)o2)nc2cc(S(N)(=O)=O)ccc21. The highest BCUT2D eigenvalue weighted by molar-refractivity contribution is 7.99. The van der Waals surface area contributed by atoms with Gasteiger partial charge in [0.05, 0.1) is 26.1 Å². The first-order valence-electron chi connectivity index (χ1n) is 9.44. The monoisotopic (exact) mass is 463 g/mol. The standard InChI is InChI=1S/C19H21N5O3S3/c1-3-4-9-24-15-8-7-13(30(20,25)26)11-14(15)21-19(24)29-12(2)17-22-23-18(27-17)16-6-5-10-28-16/h5-8,10-12H,3-4,9H2,1-2H3,(H2,20,25,26)/t12-/m0/s1. The van der Waals surface area contributed by atoms with Crippen molar-refractivity contribution in [3.63, 3.8) is 0 Å². The van der Waals surface area contributed by atoms with E-state index in [1.54, 1.807) is 17.4 Å². The second-order valence-corrected chi connectivity index (χ2v) is 10.6. The number of hydrogen-bond donors (Lipinski definition) is 1.